The summed E-state index contributed by atoms with van der Waals surface area (Å²) >= 11 is 0. The van der Waals surface area contributed by atoms with Crippen LogP contribution in [0.1, 0.15) is 23.8 Å². The maximum Gasteiger partial charge on any atom is 0.456 e. The summed E-state index contributed by atoms with van der Waals surface area (Å²) in [7, 11) is 0. The number of rotatable bonds is 6. The number of hydrogen-bond acceptors (Lipinski definition) is 4. The smallest absolute Gasteiger partial charge is 0.380 e. The highest BCUT2D eigenvalue weighted by Crippen LogP contribution is 2.19. The van der Waals surface area contributed by atoms with Gasteiger partial charge in [-0.1, -0.05) is 12.1 Å². The van der Waals surface area contributed by atoms with Gasteiger partial charge < -0.3 is 4.74 Å². The van der Waals surface area contributed by atoms with E-state index in [0.29, 0.717) is 13.2 Å². The van der Waals surface area contributed by atoms with Gasteiger partial charge in [-0.2, -0.15) is 13.2 Å². The van der Waals surface area contributed by atoms with E-state index in [1.807, 2.05) is 6.92 Å². The molecule has 1 aromatic heterocycles. The molecule has 0 saturated heterocycles. The molecule has 0 atom stereocenters. The monoisotopic (exact) mass is 251 g/mol. The summed E-state index contributed by atoms with van der Waals surface area (Å²) in [5.74, 6) is -1.99. The van der Waals surface area contributed by atoms with E-state index in [4.69, 9.17) is 4.74 Å². The molecule has 0 saturated carbocycles. The highest BCUT2D eigenvalue weighted by molar-refractivity contribution is 5.98. The number of ether oxygens (including phenoxy) is 1. The van der Waals surface area contributed by atoms with Crippen molar-refractivity contribution in [3.05, 3.63) is 11.9 Å². The van der Waals surface area contributed by atoms with Gasteiger partial charge in [0.25, 0.3) is 5.78 Å². The molecule has 0 aliphatic carbocycles. The van der Waals surface area contributed by atoms with Gasteiger partial charge in [-0.3, -0.25) is 4.79 Å². The quantitative estimate of drug-likeness (QED) is 0.567. The Morgan fingerprint density at radius 3 is 2.76 bits per heavy atom. The number of carbonyl (C=O) groups excluding carboxylic acids is 1. The Morgan fingerprint density at radius 1 is 1.47 bits per heavy atom. The molecule has 1 heterocycles. The predicted molar refractivity (Wildman–Crippen MR) is 51.5 cm³/mol. The third-order valence-corrected chi connectivity index (χ3v) is 1.84. The fraction of sp³-hybridized carbons (Fsp3) is 0.667. The maximum absolute atomic E-state index is 12.0. The normalized spacial score (nSPS) is 11.8. The summed E-state index contributed by atoms with van der Waals surface area (Å²) in [5.41, 5.74) is -0.701. The fourth-order valence-electron chi connectivity index (χ4n) is 1.06. The summed E-state index contributed by atoms with van der Waals surface area (Å²) < 4.78 is 42.4. The standard InChI is InChI=1S/C9H12F3N3O2/c1-2-4-17-5-3-15-6-7(13-14-15)8(16)9(10,11)12/h6H,2-5H2,1H3. The molecule has 1 aromatic rings. The lowest BCUT2D eigenvalue weighted by atomic mass is 10.3. The van der Waals surface area contributed by atoms with Crippen LogP contribution in [0.25, 0.3) is 0 Å². The zero-order chi connectivity index (χ0) is 12.9. The van der Waals surface area contributed by atoms with Gasteiger partial charge in [-0.15, -0.1) is 5.10 Å². The van der Waals surface area contributed by atoms with E-state index in [2.05, 4.69) is 10.3 Å². The Bertz CT molecular complexity index is 376. The van der Waals surface area contributed by atoms with Crippen LogP contribution in [0.2, 0.25) is 0 Å². The van der Waals surface area contributed by atoms with Crippen LogP contribution >= 0.6 is 0 Å². The van der Waals surface area contributed by atoms with Crippen molar-refractivity contribution in [1.82, 2.24) is 15.0 Å². The largest absolute Gasteiger partial charge is 0.456 e. The molecule has 0 aromatic carbocycles. The van der Waals surface area contributed by atoms with Crippen LogP contribution in [0.3, 0.4) is 0 Å². The predicted octanol–water partition coefficient (Wildman–Crippen LogP) is 1.45. The number of aromatic nitrogens is 3. The van der Waals surface area contributed by atoms with Crippen LogP contribution < -0.4 is 0 Å². The second-order valence-corrected chi connectivity index (χ2v) is 3.31. The van der Waals surface area contributed by atoms with Crippen molar-refractivity contribution in [3.8, 4) is 0 Å². The molecule has 0 unspecified atom stereocenters. The second kappa shape index (κ2) is 5.76. The average Bonchev–Trinajstić information content (AvgIpc) is 2.70. The number of carbonyl (C=O) groups is 1. The Hall–Kier alpha value is -1.44. The molecule has 17 heavy (non-hydrogen) atoms. The lowest BCUT2D eigenvalue weighted by molar-refractivity contribution is -0.0888. The van der Waals surface area contributed by atoms with Crippen molar-refractivity contribution in [1.29, 1.82) is 0 Å². The first-order valence-corrected chi connectivity index (χ1v) is 5.04. The SMILES string of the molecule is CCCOCCn1cc(C(=O)C(F)(F)F)nn1. The lowest BCUT2D eigenvalue weighted by Gasteiger charge is -2.01. The van der Waals surface area contributed by atoms with Crippen LogP contribution in [-0.2, 0) is 11.3 Å². The summed E-state index contributed by atoms with van der Waals surface area (Å²) in [6.45, 7) is 3.09. The van der Waals surface area contributed by atoms with E-state index in [9.17, 15) is 18.0 Å². The van der Waals surface area contributed by atoms with Crippen molar-refractivity contribution in [2.75, 3.05) is 13.2 Å². The zero-order valence-corrected chi connectivity index (χ0v) is 9.20. The van der Waals surface area contributed by atoms with Crippen molar-refractivity contribution in [3.63, 3.8) is 0 Å². The van der Waals surface area contributed by atoms with Crippen molar-refractivity contribution < 1.29 is 22.7 Å². The fourth-order valence-corrected chi connectivity index (χ4v) is 1.06. The number of halogens is 3. The summed E-state index contributed by atoms with van der Waals surface area (Å²) in [5, 5.41) is 6.58. The van der Waals surface area contributed by atoms with Gasteiger partial charge in [0.15, 0.2) is 5.69 Å². The molecule has 0 radical (unpaired) electrons. The summed E-state index contributed by atoms with van der Waals surface area (Å²) in [6.07, 6.45) is -3.10. The van der Waals surface area contributed by atoms with Crippen LogP contribution in [0.4, 0.5) is 13.2 Å². The Kier molecular flexibility index (Phi) is 4.62. The number of alkyl halides is 3. The summed E-state index contributed by atoms with van der Waals surface area (Å²) in [4.78, 5) is 10.8. The molecule has 0 fully saturated rings. The van der Waals surface area contributed by atoms with E-state index in [1.165, 1.54) is 0 Å². The van der Waals surface area contributed by atoms with Gasteiger partial charge in [0.2, 0.25) is 0 Å². The minimum atomic E-state index is -4.92. The number of Topliss-reactive ketones (excluding diaryl/α,β-unsaturated/α-hetero) is 1. The molecule has 1 rings (SSSR count). The highest BCUT2D eigenvalue weighted by Gasteiger charge is 2.41. The van der Waals surface area contributed by atoms with Gasteiger partial charge in [0.1, 0.15) is 0 Å². The number of nitrogens with zero attached hydrogens (tertiary/aromatic N) is 3. The van der Waals surface area contributed by atoms with Gasteiger partial charge in [-0.05, 0) is 6.42 Å². The van der Waals surface area contributed by atoms with Crippen LogP contribution in [-0.4, -0.2) is 40.2 Å². The summed E-state index contributed by atoms with van der Waals surface area (Å²) in [6, 6.07) is 0. The zero-order valence-electron chi connectivity index (χ0n) is 9.20. The Balaban J connectivity index is 2.51. The first kappa shape index (κ1) is 13.6. The molecular formula is C9H12F3N3O2. The molecule has 0 aliphatic rings. The lowest BCUT2D eigenvalue weighted by Crippen LogP contribution is -2.23. The molecule has 5 nitrogen and oxygen atoms in total. The molecule has 0 spiro atoms. The number of ketones is 1. The van der Waals surface area contributed by atoms with Crippen LogP contribution in [0, 0.1) is 0 Å². The van der Waals surface area contributed by atoms with Gasteiger partial charge >= 0.3 is 6.18 Å². The molecule has 96 valence electrons. The third kappa shape index (κ3) is 4.14. The van der Waals surface area contributed by atoms with E-state index in [0.717, 1.165) is 17.3 Å². The molecular weight excluding hydrogens is 239 g/mol. The third-order valence-electron chi connectivity index (χ3n) is 1.84. The minimum absolute atomic E-state index is 0.262. The van der Waals surface area contributed by atoms with E-state index < -0.39 is 17.7 Å². The van der Waals surface area contributed by atoms with E-state index >= 15 is 0 Å². The Labute approximate surface area is 95.6 Å². The van der Waals surface area contributed by atoms with Crippen LogP contribution in [0.5, 0.6) is 0 Å². The van der Waals surface area contributed by atoms with Crippen molar-refractivity contribution in [2.45, 2.75) is 26.1 Å². The molecule has 0 amide bonds. The van der Waals surface area contributed by atoms with Crippen molar-refractivity contribution >= 4 is 5.78 Å². The minimum Gasteiger partial charge on any atom is -0.380 e. The van der Waals surface area contributed by atoms with E-state index in [-0.39, 0.29) is 6.54 Å². The molecule has 8 heteroatoms. The Morgan fingerprint density at radius 2 is 2.18 bits per heavy atom. The molecule has 0 N–H and O–H groups in total. The number of hydrogen-bond donors (Lipinski definition) is 0. The molecule has 0 bridgehead atoms. The molecule has 0 aliphatic heterocycles. The van der Waals surface area contributed by atoms with E-state index in [1.54, 1.807) is 0 Å². The highest BCUT2D eigenvalue weighted by atomic mass is 19.4. The van der Waals surface area contributed by atoms with Gasteiger partial charge in [-0.25, -0.2) is 4.68 Å². The average molecular weight is 251 g/mol. The second-order valence-electron chi connectivity index (χ2n) is 3.31. The van der Waals surface area contributed by atoms with Crippen LogP contribution in [0.15, 0.2) is 6.20 Å². The van der Waals surface area contributed by atoms with Gasteiger partial charge in [0, 0.05) is 6.61 Å². The van der Waals surface area contributed by atoms with Gasteiger partial charge in [0.05, 0.1) is 19.3 Å². The first-order valence-electron chi connectivity index (χ1n) is 5.04. The first-order chi connectivity index (χ1) is 7.95. The van der Waals surface area contributed by atoms with Crippen molar-refractivity contribution in [2.24, 2.45) is 0 Å². The maximum atomic E-state index is 12.0. The topological polar surface area (TPSA) is 57.0 Å².